The van der Waals surface area contributed by atoms with Crippen molar-refractivity contribution in [1.82, 2.24) is 4.90 Å². The lowest BCUT2D eigenvalue weighted by molar-refractivity contribution is 0.00161. The van der Waals surface area contributed by atoms with Gasteiger partial charge in [0.05, 0.1) is 12.7 Å². The van der Waals surface area contributed by atoms with Crippen molar-refractivity contribution in [3.8, 4) is 0 Å². The fourth-order valence-corrected chi connectivity index (χ4v) is 3.77. The van der Waals surface area contributed by atoms with Crippen molar-refractivity contribution in [3.63, 3.8) is 0 Å². The molecule has 0 spiro atoms. The Labute approximate surface area is 104 Å². The first-order chi connectivity index (χ1) is 8.04. The average Bonchev–Trinajstić information content (AvgIpc) is 2.97. The zero-order valence-electron chi connectivity index (χ0n) is 11.0. The van der Waals surface area contributed by atoms with Crippen molar-refractivity contribution in [2.45, 2.75) is 63.3 Å². The fourth-order valence-electron chi connectivity index (χ4n) is 3.77. The topological polar surface area (TPSA) is 12.5 Å². The lowest BCUT2D eigenvalue weighted by Gasteiger charge is -2.32. The van der Waals surface area contributed by atoms with Crippen molar-refractivity contribution in [1.29, 1.82) is 0 Å². The second-order valence-corrected chi connectivity index (χ2v) is 6.59. The van der Waals surface area contributed by atoms with Crippen LogP contribution in [-0.2, 0) is 4.74 Å². The number of hydrogen-bond acceptors (Lipinski definition) is 2. The van der Waals surface area contributed by atoms with Crippen LogP contribution in [-0.4, -0.2) is 41.9 Å². The van der Waals surface area contributed by atoms with Crippen molar-refractivity contribution in [2.75, 3.05) is 19.7 Å². The molecule has 3 aliphatic rings. The molecule has 0 amide bonds. The molecule has 1 saturated carbocycles. The Morgan fingerprint density at radius 3 is 2.82 bits per heavy atom. The van der Waals surface area contributed by atoms with Crippen LogP contribution in [0.4, 0.5) is 4.39 Å². The standard InChI is InChI=1S/C14H24FNO/c1-11(2)17-10-13-6-3-7-16(13)9-14(15,8-13)12-4-5-12/h11-12H,3-10H2,1-2H3. The van der Waals surface area contributed by atoms with Crippen LogP contribution in [0.1, 0.15) is 46.0 Å². The van der Waals surface area contributed by atoms with E-state index in [4.69, 9.17) is 4.74 Å². The summed E-state index contributed by atoms with van der Waals surface area (Å²) in [5, 5.41) is 0. The summed E-state index contributed by atoms with van der Waals surface area (Å²) in [6.45, 7) is 6.59. The van der Waals surface area contributed by atoms with Crippen LogP contribution in [0.25, 0.3) is 0 Å². The van der Waals surface area contributed by atoms with Crippen molar-refractivity contribution in [2.24, 2.45) is 5.92 Å². The van der Waals surface area contributed by atoms with Gasteiger partial charge >= 0.3 is 0 Å². The fraction of sp³-hybridized carbons (Fsp3) is 1.00. The van der Waals surface area contributed by atoms with E-state index >= 15 is 0 Å². The second-order valence-electron chi connectivity index (χ2n) is 6.59. The van der Waals surface area contributed by atoms with E-state index in [1.807, 2.05) is 0 Å². The number of alkyl halides is 1. The Morgan fingerprint density at radius 2 is 2.18 bits per heavy atom. The summed E-state index contributed by atoms with van der Waals surface area (Å²) < 4.78 is 20.7. The quantitative estimate of drug-likeness (QED) is 0.750. The SMILES string of the molecule is CC(C)OCC12CCCN1CC(F)(C1CC1)C2. The molecule has 2 nitrogen and oxygen atoms in total. The van der Waals surface area contributed by atoms with Crippen LogP contribution in [0.3, 0.4) is 0 Å². The predicted octanol–water partition coefficient (Wildman–Crippen LogP) is 2.77. The van der Waals surface area contributed by atoms with Gasteiger partial charge in [-0.3, -0.25) is 4.90 Å². The van der Waals surface area contributed by atoms with Crippen molar-refractivity contribution < 1.29 is 9.13 Å². The number of hydrogen-bond donors (Lipinski definition) is 0. The van der Waals surface area contributed by atoms with E-state index < -0.39 is 5.67 Å². The molecular weight excluding hydrogens is 217 g/mol. The van der Waals surface area contributed by atoms with Gasteiger partial charge in [-0.25, -0.2) is 4.39 Å². The van der Waals surface area contributed by atoms with Gasteiger partial charge in [-0.15, -0.1) is 0 Å². The van der Waals surface area contributed by atoms with Crippen LogP contribution in [0.5, 0.6) is 0 Å². The number of fused-ring (bicyclic) bond motifs is 1. The van der Waals surface area contributed by atoms with Crippen molar-refractivity contribution in [3.05, 3.63) is 0 Å². The first kappa shape index (κ1) is 11.9. The average molecular weight is 241 g/mol. The number of halogens is 1. The third-order valence-corrected chi connectivity index (χ3v) is 4.81. The molecule has 17 heavy (non-hydrogen) atoms. The monoisotopic (exact) mass is 241 g/mol. The predicted molar refractivity (Wildman–Crippen MR) is 65.8 cm³/mol. The summed E-state index contributed by atoms with van der Waals surface area (Å²) in [6, 6.07) is 0. The summed E-state index contributed by atoms with van der Waals surface area (Å²) in [6.07, 6.45) is 5.51. The minimum absolute atomic E-state index is 0.0294. The Hall–Kier alpha value is -0.150. The van der Waals surface area contributed by atoms with Crippen LogP contribution < -0.4 is 0 Å². The summed E-state index contributed by atoms with van der Waals surface area (Å²) >= 11 is 0. The molecule has 1 aliphatic carbocycles. The maximum absolute atomic E-state index is 14.9. The largest absolute Gasteiger partial charge is 0.377 e. The first-order valence-corrected chi connectivity index (χ1v) is 7.10. The molecule has 0 bridgehead atoms. The van der Waals surface area contributed by atoms with E-state index in [9.17, 15) is 4.39 Å². The van der Waals surface area contributed by atoms with Crippen molar-refractivity contribution >= 4 is 0 Å². The Kier molecular flexibility index (Phi) is 2.75. The Bertz CT molecular complexity index is 305. The van der Waals surface area contributed by atoms with Gasteiger partial charge in [0.2, 0.25) is 0 Å². The zero-order chi connectivity index (χ0) is 12.1. The molecular formula is C14H24FNO. The summed E-state index contributed by atoms with van der Waals surface area (Å²) in [4.78, 5) is 2.38. The number of nitrogens with zero attached hydrogens (tertiary/aromatic N) is 1. The van der Waals surface area contributed by atoms with E-state index in [0.717, 1.165) is 38.8 Å². The molecule has 2 atom stereocenters. The number of ether oxygens (including phenoxy) is 1. The van der Waals surface area contributed by atoms with E-state index in [0.29, 0.717) is 12.5 Å². The third kappa shape index (κ3) is 2.01. The van der Waals surface area contributed by atoms with E-state index in [-0.39, 0.29) is 11.6 Å². The molecule has 0 radical (unpaired) electrons. The van der Waals surface area contributed by atoms with E-state index in [2.05, 4.69) is 18.7 Å². The van der Waals surface area contributed by atoms with Gasteiger partial charge in [-0.05, 0) is 52.0 Å². The van der Waals surface area contributed by atoms with Gasteiger partial charge in [-0.1, -0.05) is 0 Å². The highest BCUT2D eigenvalue weighted by Crippen LogP contribution is 2.54. The Balaban J connectivity index is 1.72. The molecule has 98 valence electrons. The minimum atomic E-state index is -0.902. The molecule has 2 saturated heterocycles. The smallest absolute Gasteiger partial charge is 0.128 e. The zero-order valence-corrected chi connectivity index (χ0v) is 11.0. The summed E-state index contributed by atoms with van der Waals surface area (Å²) in [5.74, 6) is 0.351. The molecule has 2 aliphatic heterocycles. The van der Waals surface area contributed by atoms with Gasteiger partial charge in [0.15, 0.2) is 0 Å². The molecule has 0 aromatic rings. The highest BCUT2D eigenvalue weighted by atomic mass is 19.1. The molecule has 0 N–H and O–H groups in total. The van der Waals surface area contributed by atoms with Gasteiger partial charge < -0.3 is 4.74 Å². The van der Waals surface area contributed by atoms with Crippen LogP contribution >= 0.6 is 0 Å². The van der Waals surface area contributed by atoms with Crippen LogP contribution in [0.15, 0.2) is 0 Å². The second kappa shape index (κ2) is 3.92. The number of rotatable bonds is 4. The molecule has 0 aromatic heterocycles. The molecule has 2 unspecified atom stereocenters. The third-order valence-electron chi connectivity index (χ3n) is 4.81. The highest BCUT2D eigenvalue weighted by molar-refractivity contribution is 5.14. The molecule has 3 heteroatoms. The lowest BCUT2D eigenvalue weighted by atomic mass is 9.86. The molecule has 3 fully saturated rings. The summed E-state index contributed by atoms with van der Waals surface area (Å²) in [5.41, 5.74) is -0.873. The molecule has 3 rings (SSSR count). The van der Waals surface area contributed by atoms with Gasteiger partial charge in [0.25, 0.3) is 0 Å². The molecule has 0 aromatic carbocycles. The maximum atomic E-state index is 14.9. The van der Waals surface area contributed by atoms with Crippen LogP contribution in [0.2, 0.25) is 0 Å². The molecule has 2 heterocycles. The van der Waals surface area contributed by atoms with E-state index in [1.54, 1.807) is 0 Å². The van der Waals surface area contributed by atoms with Gasteiger partial charge in [0, 0.05) is 18.5 Å². The van der Waals surface area contributed by atoms with Crippen LogP contribution in [0, 0.1) is 5.92 Å². The Morgan fingerprint density at radius 1 is 1.41 bits per heavy atom. The highest BCUT2D eigenvalue weighted by Gasteiger charge is 2.60. The lowest BCUT2D eigenvalue weighted by Crippen LogP contribution is -2.43. The minimum Gasteiger partial charge on any atom is -0.377 e. The maximum Gasteiger partial charge on any atom is 0.128 e. The van der Waals surface area contributed by atoms with Gasteiger partial charge in [-0.2, -0.15) is 0 Å². The van der Waals surface area contributed by atoms with Gasteiger partial charge in [0.1, 0.15) is 5.67 Å². The normalized spacial score (nSPS) is 42.4. The first-order valence-electron chi connectivity index (χ1n) is 7.10. The van der Waals surface area contributed by atoms with E-state index in [1.165, 1.54) is 6.42 Å². The summed E-state index contributed by atoms with van der Waals surface area (Å²) in [7, 11) is 0.